The second-order valence-electron chi connectivity index (χ2n) is 2.56. The molecule has 15 heavy (non-hydrogen) atoms. The van der Waals surface area contributed by atoms with Gasteiger partial charge in [0.25, 0.3) is 0 Å². The van der Waals surface area contributed by atoms with E-state index in [0.29, 0.717) is 22.1 Å². The first-order chi connectivity index (χ1) is 7.19. The summed E-state index contributed by atoms with van der Waals surface area (Å²) in [7, 11) is 0. The molecule has 0 radical (unpaired) electrons. The molecule has 1 aromatic carbocycles. The van der Waals surface area contributed by atoms with Crippen LogP contribution in [0.4, 0.5) is 0 Å². The van der Waals surface area contributed by atoms with Crippen LogP contribution in [0.15, 0.2) is 23.1 Å². The van der Waals surface area contributed by atoms with E-state index in [1.807, 2.05) is 5.40 Å². The van der Waals surface area contributed by atoms with Gasteiger partial charge < -0.3 is 4.74 Å². The number of carbonyl (C=O) groups is 1. The molecule has 0 atom stereocenters. The Morgan fingerprint density at radius 1 is 1.67 bits per heavy atom. The van der Waals surface area contributed by atoms with Gasteiger partial charge in [-0.05, 0) is 36.9 Å². The maximum absolute atomic E-state index is 11.4. The van der Waals surface area contributed by atoms with Crippen LogP contribution in [0.25, 0.3) is 0 Å². The summed E-state index contributed by atoms with van der Waals surface area (Å²) in [4.78, 5) is 11.9. The first-order valence-corrected chi connectivity index (χ1v) is 5.41. The number of carbonyl (C=O) groups excluding carboxylic acids is 1. The summed E-state index contributed by atoms with van der Waals surface area (Å²) < 4.78 is 4.83. The van der Waals surface area contributed by atoms with Gasteiger partial charge >= 0.3 is 5.97 Å². The van der Waals surface area contributed by atoms with E-state index in [9.17, 15) is 4.79 Å². The monoisotopic (exact) mass is 241 g/mol. The molecule has 5 heteroatoms. The number of nitrogens with zero attached hydrogens (tertiary/aromatic N) is 1. The average Bonchev–Trinajstić information content (AvgIpc) is 2.22. The number of hydrogen-bond donors (Lipinski definition) is 0. The van der Waals surface area contributed by atoms with Gasteiger partial charge in [0.15, 0.2) is 0 Å². The highest BCUT2D eigenvalue weighted by molar-refractivity contribution is 8.03. The fourth-order valence-electron chi connectivity index (χ4n) is 0.972. The first kappa shape index (κ1) is 11.9. The number of rotatable bonds is 3. The highest BCUT2D eigenvalue weighted by Crippen LogP contribution is 2.27. The molecule has 0 fully saturated rings. The lowest BCUT2D eigenvalue weighted by Gasteiger charge is -2.03. The van der Waals surface area contributed by atoms with Crippen LogP contribution in [0, 0.1) is 10.7 Å². The minimum atomic E-state index is -0.408. The zero-order valence-electron chi connectivity index (χ0n) is 7.99. The summed E-state index contributed by atoms with van der Waals surface area (Å²) in [5.41, 5.74) is 0.402. The van der Waals surface area contributed by atoms with Crippen molar-refractivity contribution in [2.75, 3.05) is 6.61 Å². The van der Waals surface area contributed by atoms with Crippen molar-refractivity contribution < 1.29 is 9.53 Å². The Morgan fingerprint density at radius 3 is 3.00 bits per heavy atom. The standard InChI is InChI=1S/C10H8ClNO2S/c1-2-14-10(13)7-3-4-8(11)9(5-7)15-6-12/h3-5H,2H2,1H3. The Kier molecular flexibility index (Phi) is 4.47. The summed E-state index contributed by atoms with van der Waals surface area (Å²) in [5.74, 6) is -0.408. The zero-order valence-corrected chi connectivity index (χ0v) is 9.56. The van der Waals surface area contributed by atoms with E-state index in [4.69, 9.17) is 21.6 Å². The van der Waals surface area contributed by atoms with Gasteiger partial charge in [-0.1, -0.05) is 11.6 Å². The molecule has 3 nitrogen and oxygen atoms in total. The molecule has 0 aromatic heterocycles. The molecule has 0 heterocycles. The fourth-order valence-corrected chi connectivity index (χ4v) is 1.66. The van der Waals surface area contributed by atoms with Crippen LogP contribution >= 0.6 is 23.4 Å². The summed E-state index contributed by atoms with van der Waals surface area (Å²) in [6.45, 7) is 2.06. The quantitative estimate of drug-likeness (QED) is 0.464. The highest BCUT2D eigenvalue weighted by Gasteiger charge is 2.09. The predicted octanol–water partition coefficient (Wildman–Crippen LogP) is 3.09. The average molecular weight is 242 g/mol. The first-order valence-electron chi connectivity index (χ1n) is 4.21. The summed E-state index contributed by atoms with van der Waals surface area (Å²) >= 11 is 6.75. The predicted molar refractivity (Wildman–Crippen MR) is 58.9 cm³/mol. The third-order valence-corrected chi connectivity index (χ3v) is 2.69. The minimum Gasteiger partial charge on any atom is -0.462 e. The van der Waals surface area contributed by atoms with Crippen molar-refractivity contribution in [2.45, 2.75) is 11.8 Å². The van der Waals surface area contributed by atoms with Crippen molar-refractivity contribution in [2.24, 2.45) is 0 Å². The van der Waals surface area contributed by atoms with Gasteiger partial charge in [-0.2, -0.15) is 5.26 Å². The Balaban J connectivity index is 2.97. The Hall–Kier alpha value is -1.18. The third-order valence-electron chi connectivity index (χ3n) is 1.60. The van der Waals surface area contributed by atoms with Crippen LogP contribution in [0.5, 0.6) is 0 Å². The van der Waals surface area contributed by atoms with Crippen LogP contribution in [0.3, 0.4) is 0 Å². The lowest BCUT2D eigenvalue weighted by Crippen LogP contribution is -2.04. The number of nitriles is 1. The van der Waals surface area contributed by atoms with Gasteiger partial charge in [0.1, 0.15) is 5.40 Å². The second kappa shape index (κ2) is 5.64. The van der Waals surface area contributed by atoms with Gasteiger partial charge in [-0.25, -0.2) is 4.79 Å². The van der Waals surface area contributed by atoms with Crippen LogP contribution in [0.1, 0.15) is 17.3 Å². The van der Waals surface area contributed by atoms with Crippen molar-refractivity contribution in [3.05, 3.63) is 28.8 Å². The lowest BCUT2D eigenvalue weighted by atomic mass is 10.2. The van der Waals surface area contributed by atoms with Crippen LogP contribution in [-0.2, 0) is 4.74 Å². The topological polar surface area (TPSA) is 50.1 Å². The molecule has 0 saturated heterocycles. The van der Waals surface area contributed by atoms with Gasteiger partial charge in [-0.15, -0.1) is 0 Å². The van der Waals surface area contributed by atoms with Crippen molar-refractivity contribution in [3.63, 3.8) is 0 Å². The summed E-state index contributed by atoms with van der Waals surface area (Å²) in [5, 5.41) is 10.9. The van der Waals surface area contributed by atoms with Crippen LogP contribution < -0.4 is 0 Å². The van der Waals surface area contributed by atoms with Gasteiger partial charge in [-0.3, -0.25) is 0 Å². The van der Waals surface area contributed by atoms with Crippen molar-refractivity contribution in [1.82, 2.24) is 0 Å². The molecule has 78 valence electrons. The van der Waals surface area contributed by atoms with E-state index in [1.54, 1.807) is 25.1 Å². The smallest absolute Gasteiger partial charge is 0.338 e. The second-order valence-corrected chi connectivity index (χ2v) is 3.79. The molecule has 0 aliphatic carbocycles. The lowest BCUT2D eigenvalue weighted by molar-refractivity contribution is 0.0526. The van der Waals surface area contributed by atoms with E-state index < -0.39 is 5.97 Å². The minimum absolute atomic E-state index is 0.322. The number of ether oxygens (including phenoxy) is 1. The maximum atomic E-state index is 11.4. The van der Waals surface area contributed by atoms with E-state index >= 15 is 0 Å². The maximum Gasteiger partial charge on any atom is 0.338 e. The fraction of sp³-hybridized carbons (Fsp3) is 0.200. The van der Waals surface area contributed by atoms with Gasteiger partial charge in [0.2, 0.25) is 0 Å². The van der Waals surface area contributed by atoms with E-state index in [2.05, 4.69) is 0 Å². The Labute approximate surface area is 97.0 Å². The van der Waals surface area contributed by atoms with E-state index in [1.165, 1.54) is 0 Å². The molecule has 0 aliphatic rings. The molecule has 0 aliphatic heterocycles. The van der Waals surface area contributed by atoms with Crippen LogP contribution in [0.2, 0.25) is 5.02 Å². The SMILES string of the molecule is CCOC(=O)c1ccc(Cl)c(SC#N)c1. The molecule has 1 rings (SSSR count). The number of thiocyanates is 1. The number of benzene rings is 1. The molecule has 0 bridgehead atoms. The van der Waals surface area contributed by atoms with Crippen LogP contribution in [-0.4, -0.2) is 12.6 Å². The molecule has 1 aromatic rings. The van der Waals surface area contributed by atoms with Crippen molar-refractivity contribution in [3.8, 4) is 5.40 Å². The molecule has 0 spiro atoms. The summed E-state index contributed by atoms with van der Waals surface area (Å²) in [6.07, 6.45) is 0. The molecular formula is C10H8ClNO2S. The number of esters is 1. The molecular weight excluding hydrogens is 234 g/mol. The normalized spacial score (nSPS) is 9.40. The largest absolute Gasteiger partial charge is 0.462 e. The van der Waals surface area contributed by atoms with E-state index in [-0.39, 0.29) is 0 Å². The van der Waals surface area contributed by atoms with Gasteiger partial charge in [0, 0.05) is 4.90 Å². The van der Waals surface area contributed by atoms with E-state index in [0.717, 1.165) is 11.8 Å². The van der Waals surface area contributed by atoms with Gasteiger partial charge in [0.05, 0.1) is 17.2 Å². The molecule has 0 N–H and O–H groups in total. The highest BCUT2D eigenvalue weighted by atomic mass is 35.5. The molecule has 0 unspecified atom stereocenters. The third kappa shape index (κ3) is 3.15. The summed E-state index contributed by atoms with van der Waals surface area (Å²) in [6, 6.07) is 4.70. The Morgan fingerprint density at radius 2 is 2.40 bits per heavy atom. The molecule has 0 amide bonds. The van der Waals surface area contributed by atoms with Crippen molar-refractivity contribution in [1.29, 1.82) is 5.26 Å². The number of thioether (sulfide) groups is 1. The van der Waals surface area contributed by atoms with Crippen molar-refractivity contribution >= 4 is 29.3 Å². The number of hydrogen-bond acceptors (Lipinski definition) is 4. The zero-order chi connectivity index (χ0) is 11.3. The molecule has 0 saturated carbocycles. The Bertz CT molecular complexity index is 414. The number of halogens is 1.